The van der Waals surface area contributed by atoms with E-state index in [1.807, 2.05) is 33.3 Å². The third-order valence-corrected chi connectivity index (χ3v) is 10.4. The Bertz CT molecular complexity index is 1290. The molecule has 344 valence electrons. The number of carbonyl (C=O) groups is 2. The second-order valence-electron chi connectivity index (χ2n) is 16.4. The van der Waals surface area contributed by atoms with Crippen molar-refractivity contribution in [3.05, 3.63) is 85.1 Å². The Morgan fingerprint density at radius 3 is 1.40 bits per heavy atom. The molecule has 2 atom stereocenters. The summed E-state index contributed by atoms with van der Waals surface area (Å²) in [4.78, 5) is 35.4. The van der Waals surface area contributed by atoms with E-state index in [1.54, 1.807) is 0 Å². The van der Waals surface area contributed by atoms with Crippen molar-refractivity contribution in [3.63, 3.8) is 0 Å². The van der Waals surface area contributed by atoms with Crippen LogP contribution in [0.25, 0.3) is 0 Å². The minimum Gasteiger partial charge on any atom is -0.462 e. The maximum atomic E-state index is 12.7. The number of phosphoric ester groups is 1. The van der Waals surface area contributed by atoms with Crippen LogP contribution < -0.4 is 0 Å². The Morgan fingerprint density at radius 1 is 0.517 bits per heavy atom. The van der Waals surface area contributed by atoms with Gasteiger partial charge >= 0.3 is 19.8 Å². The molecule has 0 radical (unpaired) electrons. The molecule has 9 nitrogen and oxygen atoms in total. The van der Waals surface area contributed by atoms with Crippen LogP contribution in [0.4, 0.5) is 0 Å². The summed E-state index contributed by atoms with van der Waals surface area (Å²) >= 11 is 0. The van der Waals surface area contributed by atoms with E-state index in [-0.39, 0.29) is 26.1 Å². The van der Waals surface area contributed by atoms with Gasteiger partial charge in [-0.1, -0.05) is 157 Å². The van der Waals surface area contributed by atoms with Crippen LogP contribution in [-0.4, -0.2) is 74.9 Å². The standard InChI is InChI=1S/C50H86NO8P/c1-6-8-10-12-14-16-18-20-22-24-25-27-28-30-32-34-36-38-40-42-49(52)56-46-48(47-58-60(54,55)57-45-44-51(3,4)5)59-50(53)43-41-39-37-35-33-31-29-26-23-21-19-17-15-13-11-9-7-2/h14-17,20-23,25,27,30,32,36,38,48H,6-13,18-19,24,26,28-29,31,33-35,37,39-47H2,1-5H3/p+1/b16-14-,17-15-,22-20-,23-21-,27-25-,32-30-,38-36-/t48-/m1/s1. The number of esters is 2. The van der Waals surface area contributed by atoms with E-state index >= 15 is 0 Å². The van der Waals surface area contributed by atoms with Gasteiger partial charge in [0.1, 0.15) is 19.8 Å². The van der Waals surface area contributed by atoms with Crippen LogP contribution in [0.1, 0.15) is 168 Å². The monoisotopic (exact) mass is 861 g/mol. The maximum Gasteiger partial charge on any atom is 0.472 e. The quantitative estimate of drug-likeness (QED) is 0.0213. The molecule has 0 aliphatic carbocycles. The van der Waals surface area contributed by atoms with Crippen LogP contribution >= 0.6 is 7.82 Å². The molecule has 0 rings (SSSR count). The molecule has 0 spiro atoms. The highest BCUT2D eigenvalue weighted by atomic mass is 31.2. The van der Waals surface area contributed by atoms with Crippen molar-refractivity contribution in [1.29, 1.82) is 0 Å². The second-order valence-corrected chi connectivity index (χ2v) is 17.9. The SMILES string of the molecule is CCCCC/C=C\C/C=C\C/C=C\C/C=C\C/C=C\CCC(=O)OC[C@H](COP(=O)(O)OCC[N+](C)(C)C)OC(=O)CCCCCCCCC/C=C\C/C=C\CCCCC. The van der Waals surface area contributed by atoms with Gasteiger partial charge in [-0.25, -0.2) is 4.57 Å². The third kappa shape index (κ3) is 44.7. The molecule has 0 aliphatic heterocycles. The molecule has 1 N–H and O–H groups in total. The van der Waals surface area contributed by atoms with E-state index < -0.39 is 32.5 Å². The predicted molar refractivity (Wildman–Crippen MR) is 252 cm³/mol. The van der Waals surface area contributed by atoms with Crippen molar-refractivity contribution in [2.75, 3.05) is 47.5 Å². The molecule has 0 bridgehead atoms. The Kier molecular flexibility index (Phi) is 39.6. The molecule has 60 heavy (non-hydrogen) atoms. The summed E-state index contributed by atoms with van der Waals surface area (Å²) in [5.74, 6) is -0.910. The van der Waals surface area contributed by atoms with Gasteiger partial charge in [-0.3, -0.25) is 18.6 Å². The largest absolute Gasteiger partial charge is 0.472 e. The van der Waals surface area contributed by atoms with Crippen LogP contribution in [0.5, 0.6) is 0 Å². The van der Waals surface area contributed by atoms with Crippen molar-refractivity contribution in [2.24, 2.45) is 0 Å². The lowest BCUT2D eigenvalue weighted by Gasteiger charge is -2.24. The fraction of sp³-hybridized carbons (Fsp3) is 0.680. The molecule has 0 fully saturated rings. The molecule has 0 aromatic heterocycles. The summed E-state index contributed by atoms with van der Waals surface area (Å²) < 4.78 is 34.3. The number of rotatable bonds is 41. The van der Waals surface area contributed by atoms with Crippen LogP contribution in [0.15, 0.2) is 85.1 Å². The van der Waals surface area contributed by atoms with Crippen molar-refractivity contribution in [1.82, 2.24) is 0 Å². The first kappa shape index (κ1) is 57.2. The molecular weight excluding hydrogens is 774 g/mol. The number of allylic oxidation sites excluding steroid dienone is 14. The van der Waals surface area contributed by atoms with Crippen LogP contribution in [-0.2, 0) is 32.7 Å². The molecule has 10 heteroatoms. The van der Waals surface area contributed by atoms with Gasteiger partial charge in [0.05, 0.1) is 27.7 Å². The minimum absolute atomic E-state index is 0.0147. The number of carbonyl (C=O) groups excluding carboxylic acids is 2. The smallest absolute Gasteiger partial charge is 0.462 e. The summed E-state index contributed by atoms with van der Waals surface area (Å²) in [5.41, 5.74) is 0. The molecular formula is C50H87NO8P+. The van der Waals surface area contributed by atoms with Gasteiger partial charge in [0, 0.05) is 12.8 Å². The maximum absolute atomic E-state index is 12.7. The van der Waals surface area contributed by atoms with Gasteiger partial charge in [-0.05, 0) is 83.5 Å². The number of ether oxygens (including phenoxy) is 2. The number of hydrogen-bond donors (Lipinski definition) is 1. The highest BCUT2D eigenvalue weighted by Crippen LogP contribution is 2.43. The van der Waals surface area contributed by atoms with Crippen LogP contribution in [0.2, 0.25) is 0 Å². The Balaban J connectivity index is 4.48. The lowest BCUT2D eigenvalue weighted by Crippen LogP contribution is -2.37. The minimum atomic E-state index is -4.40. The average molecular weight is 861 g/mol. The second kappa shape index (κ2) is 41.5. The Labute approximate surface area is 367 Å². The zero-order chi connectivity index (χ0) is 44.3. The van der Waals surface area contributed by atoms with E-state index in [4.69, 9.17) is 18.5 Å². The lowest BCUT2D eigenvalue weighted by molar-refractivity contribution is -0.870. The van der Waals surface area contributed by atoms with Crippen molar-refractivity contribution in [3.8, 4) is 0 Å². The number of quaternary nitrogens is 1. The molecule has 0 aliphatic rings. The van der Waals surface area contributed by atoms with E-state index in [9.17, 15) is 19.0 Å². The fourth-order valence-electron chi connectivity index (χ4n) is 5.73. The molecule has 0 amide bonds. The average Bonchev–Trinajstić information content (AvgIpc) is 3.20. The van der Waals surface area contributed by atoms with Gasteiger partial charge in [0.25, 0.3) is 0 Å². The molecule has 0 aromatic carbocycles. The highest BCUT2D eigenvalue weighted by molar-refractivity contribution is 7.47. The third-order valence-electron chi connectivity index (χ3n) is 9.41. The molecule has 0 aromatic rings. The highest BCUT2D eigenvalue weighted by Gasteiger charge is 2.27. The number of unbranched alkanes of at least 4 members (excludes halogenated alkanes) is 13. The lowest BCUT2D eigenvalue weighted by atomic mass is 10.1. The Morgan fingerprint density at radius 2 is 0.933 bits per heavy atom. The summed E-state index contributed by atoms with van der Waals surface area (Å²) in [5, 5.41) is 0. The first-order valence-electron chi connectivity index (χ1n) is 23.3. The topological polar surface area (TPSA) is 108 Å². The normalized spacial score (nSPS) is 14.3. The first-order valence-corrected chi connectivity index (χ1v) is 24.8. The van der Waals surface area contributed by atoms with E-state index in [1.165, 1.54) is 70.6 Å². The summed E-state index contributed by atoms with van der Waals surface area (Å²) in [6, 6.07) is 0. The zero-order valence-corrected chi connectivity index (χ0v) is 39.6. The summed E-state index contributed by atoms with van der Waals surface area (Å²) in [6.07, 6.45) is 53.6. The van der Waals surface area contributed by atoms with E-state index in [0.717, 1.165) is 57.8 Å². The number of likely N-dealkylation sites (N-methyl/N-ethyl adjacent to an activating group) is 1. The summed E-state index contributed by atoms with van der Waals surface area (Å²) in [6.45, 7) is 4.26. The number of nitrogens with zero attached hydrogens (tertiary/aromatic N) is 1. The van der Waals surface area contributed by atoms with Gasteiger partial charge in [0.2, 0.25) is 0 Å². The van der Waals surface area contributed by atoms with E-state index in [2.05, 4.69) is 86.8 Å². The van der Waals surface area contributed by atoms with Gasteiger partial charge < -0.3 is 18.9 Å². The van der Waals surface area contributed by atoms with Crippen molar-refractivity contribution < 1.29 is 42.1 Å². The molecule has 0 heterocycles. The van der Waals surface area contributed by atoms with Gasteiger partial charge in [-0.15, -0.1) is 0 Å². The molecule has 1 unspecified atom stereocenters. The van der Waals surface area contributed by atoms with Crippen LogP contribution in [0.3, 0.4) is 0 Å². The van der Waals surface area contributed by atoms with Gasteiger partial charge in [0.15, 0.2) is 6.10 Å². The summed E-state index contributed by atoms with van der Waals surface area (Å²) in [7, 11) is 1.42. The van der Waals surface area contributed by atoms with Crippen molar-refractivity contribution in [2.45, 2.75) is 174 Å². The van der Waals surface area contributed by atoms with Crippen molar-refractivity contribution >= 4 is 19.8 Å². The first-order chi connectivity index (χ1) is 29.0. The Hall–Kier alpha value is -2.81. The number of phosphoric acid groups is 1. The van der Waals surface area contributed by atoms with E-state index in [0.29, 0.717) is 23.9 Å². The predicted octanol–water partition coefficient (Wildman–Crippen LogP) is 13.6. The molecule has 0 saturated heterocycles. The van der Waals surface area contributed by atoms with Gasteiger partial charge in [-0.2, -0.15) is 0 Å². The number of hydrogen-bond acceptors (Lipinski definition) is 7. The zero-order valence-electron chi connectivity index (χ0n) is 38.7. The fourth-order valence-corrected chi connectivity index (χ4v) is 6.47. The molecule has 0 saturated carbocycles. The van der Waals surface area contributed by atoms with Crippen LogP contribution in [0, 0.1) is 0 Å².